The highest BCUT2D eigenvalue weighted by atomic mass is 16.3. The van der Waals surface area contributed by atoms with Crippen LogP contribution in [0.1, 0.15) is 77.6 Å². The highest BCUT2D eigenvalue weighted by Gasteiger charge is 2.35. The van der Waals surface area contributed by atoms with Gasteiger partial charge in [0.2, 0.25) is 0 Å². The fourth-order valence-electron chi connectivity index (χ4n) is 3.45. The van der Waals surface area contributed by atoms with E-state index in [2.05, 4.69) is 12.2 Å². The molecule has 5 atom stereocenters. The molecule has 0 aliphatic carbocycles. The normalized spacial score (nSPS) is 26.7. The van der Waals surface area contributed by atoms with Crippen LogP contribution >= 0.6 is 0 Å². The number of unbranched alkanes of at least 4 members (excludes halogenated alkanes) is 7. The third-order valence-corrected chi connectivity index (χ3v) is 4.93. The van der Waals surface area contributed by atoms with Crippen molar-refractivity contribution in [3.05, 3.63) is 0 Å². The van der Waals surface area contributed by atoms with Crippen molar-refractivity contribution >= 4 is 6.47 Å². The first kappa shape index (κ1) is 25.3. The lowest BCUT2D eigenvalue weighted by Crippen LogP contribution is -2.59. The lowest BCUT2D eigenvalue weighted by molar-refractivity contribution is -0.122. The maximum absolute atomic E-state index is 10.1. The summed E-state index contributed by atoms with van der Waals surface area (Å²) in [4.78, 5) is 8.36. The van der Waals surface area contributed by atoms with Gasteiger partial charge in [-0.3, -0.25) is 4.79 Å². The maximum atomic E-state index is 10.1. The summed E-state index contributed by atoms with van der Waals surface area (Å²) in [6, 6.07) is -0.548. The molecule has 0 amide bonds. The minimum atomic E-state index is -0.930. The topological polar surface area (TPSA) is 130 Å². The Morgan fingerprint density at radius 2 is 1.62 bits per heavy atom. The fourth-order valence-corrected chi connectivity index (χ4v) is 3.45. The van der Waals surface area contributed by atoms with Gasteiger partial charge in [0, 0.05) is 6.04 Å². The van der Waals surface area contributed by atoms with Gasteiger partial charge in [-0.2, -0.15) is 0 Å². The van der Waals surface area contributed by atoms with Crippen LogP contribution in [0.15, 0.2) is 0 Å². The molecule has 1 aliphatic heterocycles. The number of aliphatic hydroxyl groups excluding tert-OH is 4. The maximum Gasteiger partial charge on any atom is 0.290 e. The summed E-state index contributed by atoms with van der Waals surface area (Å²) in [5.41, 5.74) is 0. The average molecular weight is 378 g/mol. The van der Waals surface area contributed by atoms with Gasteiger partial charge in [0.15, 0.2) is 0 Å². The Kier molecular flexibility index (Phi) is 16.0. The van der Waals surface area contributed by atoms with E-state index in [0.29, 0.717) is 12.8 Å². The summed E-state index contributed by atoms with van der Waals surface area (Å²) in [7, 11) is 0. The first-order valence-corrected chi connectivity index (χ1v) is 9.99. The van der Waals surface area contributed by atoms with Crippen LogP contribution in [0.25, 0.3) is 0 Å². The minimum absolute atomic E-state index is 0.0467. The van der Waals surface area contributed by atoms with E-state index in [4.69, 9.17) is 9.90 Å². The number of hydrogen-bond donors (Lipinski definition) is 6. The zero-order chi connectivity index (χ0) is 19.8. The Labute approximate surface area is 157 Å². The minimum Gasteiger partial charge on any atom is -0.483 e. The zero-order valence-electron chi connectivity index (χ0n) is 16.1. The molecule has 0 aromatic rings. The van der Waals surface area contributed by atoms with E-state index in [1.807, 2.05) is 0 Å². The van der Waals surface area contributed by atoms with Crippen molar-refractivity contribution in [2.45, 2.75) is 108 Å². The van der Waals surface area contributed by atoms with Gasteiger partial charge < -0.3 is 30.8 Å². The molecule has 1 heterocycles. The van der Waals surface area contributed by atoms with E-state index in [0.717, 1.165) is 12.8 Å². The van der Waals surface area contributed by atoms with Crippen molar-refractivity contribution in [1.29, 1.82) is 0 Å². The van der Waals surface area contributed by atoms with Crippen LogP contribution in [0, 0.1) is 0 Å². The van der Waals surface area contributed by atoms with E-state index in [-0.39, 0.29) is 25.2 Å². The molecule has 26 heavy (non-hydrogen) atoms. The van der Waals surface area contributed by atoms with Crippen LogP contribution in [0.4, 0.5) is 0 Å². The molecule has 0 spiro atoms. The van der Waals surface area contributed by atoms with E-state index in [1.165, 1.54) is 44.9 Å². The lowest BCUT2D eigenvalue weighted by Gasteiger charge is -2.38. The van der Waals surface area contributed by atoms with Crippen LogP contribution in [-0.2, 0) is 4.79 Å². The molecule has 6 N–H and O–H groups in total. The van der Waals surface area contributed by atoms with E-state index in [9.17, 15) is 20.4 Å². The van der Waals surface area contributed by atoms with Crippen LogP contribution in [0.5, 0.6) is 0 Å². The molecule has 0 radical (unpaired) electrons. The van der Waals surface area contributed by atoms with Crippen LogP contribution in [0.3, 0.4) is 0 Å². The molecule has 0 aromatic heterocycles. The van der Waals surface area contributed by atoms with Gasteiger partial charge >= 0.3 is 0 Å². The number of nitrogens with one attached hydrogen (secondary N) is 1. The SMILES string of the molecule is CCCCCCCCCC[C@H](O)C[C@@H]1C[C@@H](O)[C@H](O)[C@H](CO)N1.O=CO. The van der Waals surface area contributed by atoms with Gasteiger partial charge in [-0.1, -0.05) is 58.3 Å². The predicted octanol–water partition coefficient (Wildman–Crippen LogP) is 1.41. The first-order chi connectivity index (χ1) is 12.5. The second-order valence-electron chi connectivity index (χ2n) is 7.20. The van der Waals surface area contributed by atoms with E-state index < -0.39 is 18.2 Å². The van der Waals surface area contributed by atoms with Crippen LogP contribution in [-0.4, -0.2) is 69.0 Å². The molecular formula is C19H39NO6. The quantitative estimate of drug-likeness (QED) is 0.224. The second-order valence-corrected chi connectivity index (χ2v) is 7.20. The number of rotatable bonds is 12. The molecule has 1 rings (SSSR count). The first-order valence-electron chi connectivity index (χ1n) is 9.99. The smallest absolute Gasteiger partial charge is 0.290 e. The van der Waals surface area contributed by atoms with Crippen molar-refractivity contribution in [1.82, 2.24) is 5.32 Å². The zero-order valence-corrected chi connectivity index (χ0v) is 16.1. The molecule has 0 saturated carbocycles. The van der Waals surface area contributed by atoms with Gasteiger partial charge in [-0.05, 0) is 19.3 Å². The highest BCUT2D eigenvalue weighted by molar-refractivity contribution is 5.32. The summed E-state index contributed by atoms with van der Waals surface area (Å²) in [5.74, 6) is 0. The van der Waals surface area contributed by atoms with Crippen LogP contribution < -0.4 is 5.32 Å². The Bertz CT molecular complexity index is 331. The van der Waals surface area contributed by atoms with Crippen molar-refractivity contribution in [3.8, 4) is 0 Å². The monoisotopic (exact) mass is 377 g/mol. The number of aliphatic hydroxyl groups is 4. The summed E-state index contributed by atoms with van der Waals surface area (Å²) in [6.45, 7) is 1.77. The number of hydrogen-bond acceptors (Lipinski definition) is 6. The molecule has 1 aliphatic rings. The predicted molar refractivity (Wildman–Crippen MR) is 101 cm³/mol. The molecule has 7 nitrogen and oxygen atoms in total. The Morgan fingerprint density at radius 3 is 2.15 bits per heavy atom. The molecular weight excluding hydrogens is 338 g/mol. The van der Waals surface area contributed by atoms with Gasteiger partial charge in [0.05, 0.1) is 31.0 Å². The van der Waals surface area contributed by atoms with E-state index >= 15 is 0 Å². The number of carbonyl (C=O) groups is 1. The van der Waals surface area contributed by atoms with Crippen molar-refractivity contribution in [2.75, 3.05) is 6.61 Å². The molecule has 1 fully saturated rings. The van der Waals surface area contributed by atoms with Gasteiger partial charge in [0.1, 0.15) is 0 Å². The second kappa shape index (κ2) is 16.4. The van der Waals surface area contributed by atoms with Crippen LogP contribution in [0.2, 0.25) is 0 Å². The van der Waals surface area contributed by atoms with Crippen molar-refractivity contribution in [3.63, 3.8) is 0 Å². The molecule has 1 saturated heterocycles. The molecule has 0 bridgehead atoms. The average Bonchev–Trinajstić information content (AvgIpc) is 2.61. The lowest BCUT2D eigenvalue weighted by atomic mass is 9.89. The molecule has 0 unspecified atom stereocenters. The summed E-state index contributed by atoms with van der Waals surface area (Å²) in [6.07, 6.45) is 9.67. The third kappa shape index (κ3) is 11.8. The molecule has 7 heteroatoms. The highest BCUT2D eigenvalue weighted by Crippen LogP contribution is 2.20. The number of carboxylic acid groups (broad SMARTS) is 1. The summed E-state index contributed by atoms with van der Waals surface area (Å²) >= 11 is 0. The van der Waals surface area contributed by atoms with Crippen molar-refractivity contribution in [2.24, 2.45) is 0 Å². The number of piperidine rings is 1. The van der Waals surface area contributed by atoms with Gasteiger partial charge in [-0.15, -0.1) is 0 Å². The standard InChI is InChI=1S/C18H37NO4.CH2O2/c1-2-3-4-5-6-7-8-9-10-15(21)11-14-12-17(22)18(23)16(13-20)19-14;2-1-3/h14-23H,2-13H2,1H3;1H,(H,2,3)/t14-,15+,16+,17-,18-;/m1./s1. The Morgan fingerprint density at radius 1 is 1.08 bits per heavy atom. The van der Waals surface area contributed by atoms with E-state index in [1.54, 1.807) is 0 Å². The summed E-state index contributed by atoms with van der Waals surface area (Å²) in [5, 5.41) is 48.9. The van der Waals surface area contributed by atoms with Gasteiger partial charge in [0.25, 0.3) is 6.47 Å². The fraction of sp³-hybridized carbons (Fsp3) is 0.947. The Balaban J connectivity index is 0.00000194. The molecule has 156 valence electrons. The summed E-state index contributed by atoms with van der Waals surface area (Å²) < 4.78 is 0. The largest absolute Gasteiger partial charge is 0.483 e. The Hall–Kier alpha value is -0.730. The van der Waals surface area contributed by atoms with Gasteiger partial charge in [-0.25, -0.2) is 0 Å². The molecule has 0 aromatic carbocycles. The van der Waals surface area contributed by atoms with Crippen molar-refractivity contribution < 1.29 is 30.3 Å². The third-order valence-electron chi connectivity index (χ3n) is 4.93.